The normalized spacial score (nSPS) is 17.1. The Kier molecular flexibility index (Phi) is 5.66. The Hall–Kier alpha value is -2.83. The fourth-order valence-electron chi connectivity index (χ4n) is 2.97. The molecule has 1 aliphatic heterocycles. The van der Waals surface area contributed by atoms with E-state index in [1.807, 2.05) is 42.6 Å². The third-order valence-electron chi connectivity index (χ3n) is 4.30. The number of anilines is 1. The van der Waals surface area contributed by atoms with E-state index in [1.54, 1.807) is 15.8 Å². The predicted octanol–water partition coefficient (Wildman–Crippen LogP) is 1.94. The van der Waals surface area contributed by atoms with Gasteiger partial charge in [-0.1, -0.05) is 18.2 Å². The highest BCUT2D eigenvalue weighted by Crippen LogP contribution is 2.18. The van der Waals surface area contributed by atoms with E-state index >= 15 is 0 Å². The van der Waals surface area contributed by atoms with Crippen molar-refractivity contribution in [3.8, 4) is 0 Å². The minimum Gasteiger partial charge on any atom is -0.354 e. The van der Waals surface area contributed by atoms with Gasteiger partial charge in [-0.15, -0.1) is 0 Å². The lowest BCUT2D eigenvalue weighted by atomic mass is 9.97. The third-order valence-corrected chi connectivity index (χ3v) is 4.30. The van der Waals surface area contributed by atoms with Gasteiger partial charge in [0.1, 0.15) is 0 Å². The molecule has 1 aromatic carbocycles. The summed E-state index contributed by atoms with van der Waals surface area (Å²) >= 11 is 0. The SMILES string of the molecule is O=C(NCCn1cccn1)[C@@H]1CCCN(C(=O)Nc2ccccc2)C1. The number of nitrogens with one attached hydrogen (secondary N) is 2. The quantitative estimate of drug-likeness (QED) is 0.872. The van der Waals surface area contributed by atoms with Gasteiger partial charge < -0.3 is 15.5 Å². The first-order valence-electron chi connectivity index (χ1n) is 8.58. The van der Waals surface area contributed by atoms with Crippen LogP contribution in [0.15, 0.2) is 48.8 Å². The molecule has 0 saturated carbocycles. The summed E-state index contributed by atoms with van der Waals surface area (Å²) in [4.78, 5) is 26.4. The summed E-state index contributed by atoms with van der Waals surface area (Å²) in [6.45, 7) is 2.30. The number of carbonyl (C=O) groups excluding carboxylic acids is 2. The number of para-hydroxylation sites is 1. The van der Waals surface area contributed by atoms with Crippen LogP contribution >= 0.6 is 0 Å². The summed E-state index contributed by atoms with van der Waals surface area (Å²) in [5, 5.41) is 9.92. The first-order chi connectivity index (χ1) is 12.2. The van der Waals surface area contributed by atoms with Crippen molar-refractivity contribution in [3.63, 3.8) is 0 Å². The maximum Gasteiger partial charge on any atom is 0.321 e. The third kappa shape index (κ3) is 4.82. The lowest BCUT2D eigenvalue weighted by Gasteiger charge is -2.32. The number of rotatable bonds is 5. The highest BCUT2D eigenvalue weighted by atomic mass is 16.2. The van der Waals surface area contributed by atoms with Crippen LogP contribution in [-0.4, -0.2) is 46.3 Å². The van der Waals surface area contributed by atoms with Crippen molar-refractivity contribution >= 4 is 17.6 Å². The van der Waals surface area contributed by atoms with Crippen LogP contribution in [0, 0.1) is 5.92 Å². The molecule has 0 radical (unpaired) electrons. The van der Waals surface area contributed by atoms with Crippen molar-refractivity contribution in [2.75, 3.05) is 25.0 Å². The molecule has 2 heterocycles. The summed E-state index contributed by atoms with van der Waals surface area (Å²) in [5.41, 5.74) is 0.762. The maximum atomic E-state index is 12.4. The molecule has 0 bridgehead atoms. The first kappa shape index (κ1) is 17.0. The molecular formula is C18H23N5O2. The number of carbonyl (C=O) groups is 2. The summed E-state index contributed by atoms with van der Waals surface area (Å²) in [7, 11) is 0. The van der Waals surface area contributed by atoms with Crippen LogP contribution in [0.5, 0.6) is 0 Å². The molecule has 0 unspecified atom stereocenters. The Morgan fingerprint density at radius 2 is 2.04 bits per heavy atom. The van der Waals surface area contributed by atoms with Crippen molar-refractivity contribution in [1.82, 2.24) is 20.0 Å². The van der Waals surface area contributed by atoms with Crippen molar-refractivity contribution in [1.29, 1.82) is 0 Å². The van der Waals surface area contributed by atoms with Crippen LogP contribution < -0.4 is 10.6 Å². The van der Waals surface area contributed by atoms with E-state index in [4.69, 9.17) is 0 Å². The van der Waals surface area contributed by atoms with Crippen LogP contribution in [0.4, 0.5) is 10.5 Å². The fraction of sp³-hybridized carbons (Fsp3) is 0.389. The molecule has 0 spiro atoms. The monoisotopic (exact) mass is 341 g/mol. The second-order valence-corrected chi connectivity index (χ2v) is 6.14. The number of amides is 3. The number of piperidine rings is 1. The number of benzene rings is 1. The molecule has 0 aliphatic carbocycles. The fourth-order valence-corrected chi connectivity index (χ4v) is 2.97. The molecule has 1 aliphatic rings. The smallest absolute Gasteiger partial charge is 0.321 e. The van der Waals surface area contributed by atoms with Crippen molar-refractivity contribution < 1.29 is 9.59 Å². The van der Waals surface area contributed by atoms with Crippen LogP contribution in [0.2, 0.25) is 0 Å². The van der Waals surface area contributed by atoms with E-state index in [2.05, 4.69) is 15.7 Å². The van der Waals surface area contributed by atoms with E-state index in [-0.39, 0.29) is 17.9 Å². The molecule has 132 valence electrons. The Morgan fingerprint density at radius 3 is 2.80 bits per heavy atom. The molecule has 3 amide bonds. The van der Waals surface area contributed by atoms with E-state index in [9.17, 15) is 9.59 Å². The Morgan fingerprint density at radius 1 is 1.20 bits per heavy atom. The molecule has 3 rings (SSSR count). The molecule has 7 heteroatoms. The predicted molar refractivity (Wildman–Crippen MR) is 95.0 cm³/mol. The Labute approximate surface area is 147 Å². The van der Waals surface area contributed by atoms with E-state index in [1.165, 1.54) is 0 Å². The van der Waals surface area contributed by atoms with E-state index < -0.39 is 0 Å². The molecule has 7 nitrogen and oxygen atoms in total. The number of nitrogens with zero attached hydrogens (tertiary/aromatic N) is 3. The average Bonchev–Trinajstić information content (AvgIpc) is 3.16. The van der Waals surface area contributed by atoms with Gasteiger partial charge in [-0.2, -0.15) is 5.10 Å². The molecule has 2 aromatic rings. The summed E-state index contributed by atoms with van der Waals surface area (Å²) in [6, 6.07) is 11.1. The summed E-state index contributed by atoms with van der Waals surface area (Å²) in [6.07, 6.45) is 5.22. The lowest BCUT2D eigenvalue weighted by Crippen LogP contribution is -2.47. The lowest BCUT2D eigenvalue weighted by molar-refractivity contribution is -0.126. The van der Waals surface area contributed by atoms with Gasteiger partial charge >= 0.3 is 6.03 Å². The van der Waals surface area contributed by atoms with Gasteiger partial charge in [0, 0.05) is 37.7 Å². The largest absolute Gasteiger partial charge is 0.354 e. The number of aromatic nitrogens is 2. The van der Waals surface area contributed by atoms with Gasteiger partial charge in [-0.05, 0) is 31.0 Å². The molecule has 2 N–H and O–H groups in total. The number of hydrogen-bond acceptors (Lipinski definition) is 3. The average molecular weight is 341 g/mol. The highest BCUT2D eigenvalue weighted by Gasteiger charge is 2.28. The molecular weight excluding hydrogens is 318 g/mol. The van der Waals surface area contributed by atoms with Gasteiger partial charge in [0.25, 0.3) is 0 Å². The number of likely N-dealkylation sites (tertiary alicyclic amines) is 1. The zero-order valence-corrected chi connectivity index (χ0v) is 14.1. The minimum atomic E-state index is -0.159. The van der Waals surface area contributed by atoms with Crippen molar-refractivity contribution in [2.24, 2.45) is 5.92 Å². The van der Waals surface area contributed by atoms with Crippen LogP contribution in [0.25, 0.3) is 0 Å². The van der Waals surface area contributed by atoms with Gasteiger partial charge in [0.15, 0.2) is 0 Å². The van der Waals surface area contributed by atoms with E-state index in [0.717, 1.165) is 18.5 Å². The van der Waals surface area contributed by atoms with Gasteiger partial charge in [0.05, 0.1) is 12.5 Å². The zero-order chi connectivity index (χ0) is 17.5. The second kappa shape index (κ2) is 8.32. The van der Waals surface area contributed by atoms with Crippen LogP contribution in [-0.2, 0) is 11.3 Å². The van der Waals surface area contributed by atoms with Crippen molar-refractivity contribution in [3.05, 3.63) is 48.8 Å². The summed E-state index contributed by atoms with van der Waals surface area (Å²) in [5.74, 6) is -0.155. The van der Waals surface area contributed by atoms with Crippen LogP contribution in [0.1, 0.15) is 12.8 Å². The first-order valence-corrected chi connectivity index (χ1v) is 8.58. The Bertz CT molecular complexity index is 687. The molecule has 1 atom stereocenters. The molecule has 1 fully saturated rings. The molecule has 1 aromatic heterocycles. The maximum absolute atomic E-state index is 12.4. The van der Waals surface area contributed by atoms with Gasteiger partial charge in [-0.3, -0.25) is 9.48 Å². The molecule has 25 heavy (non-hydrogen) atoms. The van der Waals surface area contributed by atoms with Gasteiger partial charge in [-0.25, -0.2) is 4.79 Å². The van der Waals surface area contributed by atoms with Gasteiger partial charge in [0.2, 0.25) is 5.91 Å². The number of urea groups is 1. The topological polar surface area (TPSA) is 79.3 Å². The molecule has 1 saturated heterocycles. The number of hydrogen-bond donors (Lipinski definition) is 2. The zero-order valence-electron chi connectivity index (χ0n) is 14.1. The van der Waals surface area contributed by atoms with Crippen molar-refractivity contribution in [2.45, 2.75) is 19.4 Å². The Balaban J connectivity index is 1.46. The van der Waals surface area contributed by atoms with Crippen LogP contribution in [0.3, 0.4) is 0 Å². The van der Waals surface area contributed by atoms with E-state index in [0.29, 0.717) is 26.2 Å². The second-order valence-electron chi connectivity index (χ2n) is 6.14. The standard InChI is InChI=1S/C18H23N5O2/c24-17(19-10-13-23-12-5-9-20-23)15-6-4-11-22(14-15)18(25)21-16-7-2-1-3-8-16/h1-3,5,7-9,12,15H,4,6,10-11,13-14H2,(H,19,24)(H,21,25)/t15-/m1/s1. The highest BCUT2D eigenvalue weighted by molar-refractivity contribution is 5.90. The summed E-state index contributed by atoms with van der Waals surface area (Å²) < 4.78 is 1.78. The minimum absolute atomic E-state index is 0.00404.